The van der Waals surface area contributed by atoms with Crippen molar-refractivity contribution >= 4 is 17.7 Å². The number of rotatable bonds is 3. The third-order valence-corrected chi connectivity index (χ3v) is 6.74. The topological polar surface area (TPSA) is 95.7 Å². The normalized spacial score (nSPS) is 29.2. The number of carbonyl (C=O) groups excluding carboxylic acids is 3. The van der Waals surface area contributed by atoms with E-state index in [0.717, 1.165) is 36.2 Å². The molecule has 3 heterocycles. The van der Waals surface area contributed by atoms with Crippen LogP contribution in [0.4, 0.5) is 0 Å². The molecule has 3 amide bonds. The molecule has 4 aliphatic rings. The van der Waals surface area contributed by atoms with Crippen molar-refractivity contribution in [1.82, 2.24) is 15.1 Å². The van der Waals surface area contributed by atoms with E-state index in [0.29, 0.717) is 24.9 Å². The lowest BCUT2D eigenvalue weighted by atomic mass is 9.91. The fourth-order valence-corrected chi connectivity index (χ4v) is 5.28. The molecule has 2 atom stereocenters. The minimum Gasteiger partial charge on any atom is -0.327 e. The Morgan fingerprint density at radius 3 is 2.79 bits per heavy atom. The van der Waals surface area contributed by atoms with Crippen molar-refractivity contribution in [3.05, 3.63) is 34.9 Å². The Hall–Kier alpha value is -2.25. The van der Waals surface area contributed by atoms with Gasteiger partial charge in [-0.2, -0.15) is 0 Å². The first-order chi connectivity index (χ1) is 13.4. The Morgan fingerprint density at radius 1 is 1.21 bits per heavy atom. The molecule has 5 rings (SSSR count). The number of carbonyl (C=O) groups is 3. The average molecular weight is 382 g/mol. The quantitative estimate of drug-likeness (QED) is 0.753. The van der Waals surface area contributed by atoms with Crippen molar-refractivity contribution in [2.45, 2.75) is 57.3 Å². The number of piperidine rings is 2. The highest BCUT2D eigenvalue weighted by molar-refractivity contribution is 6.05. The average Bonchev–Trinajstić information content (AvgIpc) is 3.27. The third-order valence-electron chi connectivity index (χ3n) is 6.74. The minimum atomic E-state index is -0.566. The zero-order valence-electron chi connectivity index (χ0n) is 15.9. The first-order valence-corrected chi connectivity index (χ1v) is 10.2. The predicted octanol–water partition coefficient (Wildman–Crippen LogP) is 0.761. The van der Waals surface area contributed by atoms with Gasteiger partial charge in [-0.1, -0.05) is 18.2 Å². The molecule has 3 aliphatic heterocycles. The fraction of sp³-hybridized carbons (Fsp3) is 0.571. The van der Waals surface area contributed by atoms with E-state index in [2.05, 4.69) is 10.2 Å². The molecule has 148 valence electrons. The second-order valence-corrected chi connectivity index (χ2v) is 8.99. The van der Waals surface area contributed by atoms with Crippen LogP contribution in [-0.2, 0) is 22.7 Å². The summed E-state index contributed by atoms with van der Waals surface area (Å²) in [6.07, 6.45) is 4.29. The van der Waals surface area contributed by atoms with Crippen LogP contribution in [0.25, 0.3) is 0 Å². The van der Waals surface area contributed by atoms with Crippen molar-refractivity contribution < 1.29 is 14.4 Å². The SMILES string of the molecule is NC1CN(Cc2cccc3c2C(=O)N(C2CCC(=O)NC2=O)C3)CC2(CC2)C1. The Labute approximate surface area is 164 Å². The van der Waals surface area contributed by atoms with Crippen LogP contribution in [-0.4, -0.2) is 52.7 Å². The van der Waals surface area contributed by atoms with E-state index in [1.807, 2.05) is 18.2 Å². The molecule has 3 fully saturated rings. The van der Waals surface area contributed by atoms with Crippen molar-refractivity contribution in [3.63, 3.8) is 0 Å². The Kier molecular flexibility index (Phi) is 4.07. The molecule has 7 heteroatoms. The monoisotopic (exact) mass is 382 g/mol. The Morgan fingerprint density at radius 2 is 2.04 bits per heavy atom. The summed E-state index contributed by atoms with van der Waals surface area (Å²) in [6, 6.07) is 5.61. The van der Waals surface area contributed by atoms with E-state index >= 15 is 0 Å². The summed E-state index contributed by atoms with van der Waals surface area (Å²) in [5.74, 6) is -0.722. The molecule has 2 unspecified atom stereocenters. The van der Waals surface area contributed by atoms with Gasteiger partial charge in [-0.15, -0.1) is 0 Å². The zero-order valence-corrected chi connectivity index (χ0v) is 15.9. The predicted molar refractivity (Wildman–Crippen MR) is 102 cm³/mol. The lowest BCUT2D eigenvalue weighted by Crippen LogP contribution is -2.52. The van der Waals surface area contributed by atoms with Crippen molar-refractivity contribution in [2.75, 3.05) is 13.1 Å². The first-order valence-electron chi connectivity index (χ1n) is 10.2. The molecule has 1 aromatic rings. The number of amides is 3. The van der Waals surface area contributed by atoms with Crippen LogP contribution in [0.1, 0.15) is 53.6 Å². The summed E-state index contributed by atoms with van der Waals surface area (Å²) in [4.78, 5) is 40.9. The zero-order chi connectivity index (χ0) is 19.5. The molecule has 2 saturated heterocycles. The Bertz CT molecular complexity index is 863. The molecular formula is C21H26N4O3. The van der Waals surface area contributed by atoms with Gasteiger partial charge in [0.15, 0.2) is 0 Å². The fourth-order valence-electron chi connectivity index (χ4n) is 5.28. The number of hydrogen-bond donors (Lipinski definition) is 2. The maximum atomic E-state index is 13.2. The van der Waals surface area contributed by atoms with Gasteiger partial charge < -0.3 is 10.6 Å². The summed E-state index contributed by atoms with van der Waals surface area (Å²) >= 11 is 0. The standard InChI is InChI=1S/C21H26N4O3/c22-15-8-21(6-7-21)12-24(11-15)9-13-2-1-3-14-10-25(20(28)18(13)14)16-4-5-17(26)23-19(16)27/h1-3,15-16H,4-12,22H2,(H,23,26,27). The number of nitrogens with zero attached hydrogens (tertiary/aromatic N) is 2. The molecule has 1 saturated carbocycles. The van der Waals surface area contributed by atoms with Gasteiger partial charge in [0.05, 0.1) is 0 Å². The van der Waals surface area contributed by atoms with Crippen molar-refractivity contribution in [2.24, 2.45) is 11.1 Å². The molecule has 3 N–H and O–H groups in total. The van der Waals surface area contributed by atoms with Crippen molar-refractivity contribution in [3.8, 4) is 0 Å². The first kappa shape index (κ1) is 17.8. The molecular weight excluding hydrogens is 356 g/mol. The highest BCUT2D eigenvalue weighted by Crippen LogP contribution is 2.52. The largest absolute Gasteiger partial charge is 0.327 e. The second-order valence-electron chi connectivity index (χ2n) is 8.99. The molecule has 0 aromatic heterocycles. The molecule has 0 radical (unpaired) electrons. The maximum absolute atomic E-state index is 13.2. The summed E-state index contributed by atoms with van der Waals surface area (Å²) in [6.45, 7) is 3.05. The van der Waals surface area contributed by atoms with Crippen LogP contribution in [0.3, 0.4) is 0 Å². The van der Waals surface area contributed by atoms with Crippen LogP contribution in [0.2, 0.25) is 0 Å². The van der Waals surface area contributed by atoms with E-state index in [4.69, 9.17) is 5.73 Å². The van der Waals surface area contributed by atoms with Crippen LogP contribution in [0, 0.1) is 5.41 Å². The van der Waals surface area contributed by atoms with Gasteiger partial charge in [-0.05, 0) is 42.2 Å². The van der Waals surface area contributed by atoms with Gasteiger partial charge in [0.25, 0.3) is 5.91 Å². The van der Waals surface area contributed by atoms with Crippen LogP contribution in [0.5, 0.6) is 0 Å². The lowest BCUT2D eigenvalue weighted by molar-refractivity contribution is -0.136. The van der Waals surface area contributed by atoms with Crippen LogP contribution in [0.15, 0.2) is 18.2 Å². The van der Waals surface area contributed by atoms with E-state index in [1.165, 1.54) is 12.8 Å². The molecule has 1 spiro atoms. The molecule has 7 nitrogen and oxygen atoms in total. The number of likely N-dealkylation sites (tertiary alicyclic amines) is 1. The van der Waals surface area contributed by atoms with E-state index in [9.17, 15) is 14.4 Å². The number of hydrogen-bond acceptors (Lipinski definition) is 5. The third kappa shape index (κ3) is 3.02. The summed E-state index contributed by atoms with van der Waals surface area (Å²) in [5, 5.41) is 2.36. The number of imide groups is 1. The molecule has 1 aliphatic carbocycles. The number of benzene rings is 1. The Balaban J connectivity index is 1.37. The molecule has 1 aromatic carbocycles. The summed E-state index contributed by atoms with van der Waals surface area (Å²) < 4.78 is 0. The van der Waals surface area contributed by atoms with E-state index in [1.54, 1.807) is 4.90 Å². The van der Waals surface area contributed by atoms with Crippen LogP contribution < -0.4 is 11.1 Å². The number of nitrogens with one attached hydrogen (secondary N) is 1. The smallest absolute Gasteiger partial charge is 0.255 e. The van der Waals surface area contributed by atoms with Crippen molar-refractivity contribution in [1.29, 1.82) is 0 Å². The number of nitrogens with two attached hydrogens (primary N) is 1. The van der Waals surface area contributed by atoms with Gasteiger partial charge >= 0.3 is 0 Å². The van der Waals surface area contributed by atoms with E-state index < -0.39 is 6.04 Å². The summed E-state index contributed by atoms with van der Waals surface area (Å²) in [7, 11) is 0. The number of fused-ring (bicyclic) bond motifs is 1. The van der Waals surface area contributed by atoms with Gasteiger partial charge in [-0.25, -0.2) is 0 Å². The lowest BCUT2D eigenvalue weighted by Gasteiger charge is -2.37. The van der Waals surface area contributed by atoms with E-state index in [-0.39, 0.29) is 30.2 Å². The van der Waals surface area contributed by atoms with Crippen LogP contribution >= 0.6 is 0 Å². The van der Waals surface area contributed by atoms with Gasteiger partial charge in [0.2, 0.25) is 11.8 Å². The highest BCUT2D eigenvalue weighted by Gasteiger charge is 2.48. The molecule has 28 heavy (non-hydrogen) atoms. The highest BCUT2D eigenvalue weighted by atomic mass is 16.2. The molecule has 0 bridgehead atoms. The van der Waals surface area contributed by atoms with Gasteiger partial charge in [-0.3, -0.25) is 24.6 Å². The minimum absolute atomic E-state index is 0.0949. The van der Waals surface area contributed by atoms with Gasteiger partial charge in [0, 0.05) is 44.2 Å². The van der Waals surface area contributed by atoms with Gasteiger partial charge in [0.1, 0.15) is 6.04 Å². The second kappa shape index (κ2) is 6.39. The maximum Gasteiger partial charge on any atom is 0.255 e. The summed E-state index contributed by atoms with van der Waals surface area (Å²) in [5.41, 5.74) is 9.41.